The zero-order valence-electron chi connectivity index (χ0n) is 13.1. The average molecular weight is 285 g/mol. The van der Waals surface area contributed by atoms with Crippen molar-refractivity contribution in [3.63, 3.8) is 0 Å². The molecule has 0 saturated carbocycles. The summed E-state index contributed by atoms with van der Waals surface area (Å²) in [5.74, 6) is 1.72. The molecule has 0 aromatic heterocycles. The van der Waals surface area contributed by atoms with Crippen molar-refractivity contribution < 1.29 is 9.47 Å². The molecule has 2 aromatic carbocycles. The lowest BCUT2D eigenvalue weighted by molar-refractivity contribution is 0.399. The first-order valence-electron chi connectivity index (χ1n) is 7.03. The maximum Gasteiger partial charge on any atom is 0.122 e. The highest BCUT2D eigenvalue weighted by Gasteiger charge is 2.23. The Morgan fingerprint density at radius 3 is 2.24 bits per heavy atom. The molecule has 0 fully saturated rings. The van der Waals surface area contributed by atoms with Gasteiger partial charge in [0.05, 0.1) is 14.2 Å². The van der Waals surface area contributed by atoms with Crippen LogP contribution in [0.4, 0.5) is 0 Å². The summed E-state index contributed by atoms with van der Waals surface area (Å²) in [5.41, 5.74) is 9.48. The molecule has 0 aliphatic heterocycles. The van der Waals surface area contributed by atoms with Gasteiger partial charge in [0.1, 0.15) is 11.5 Å². The van der Waals surface area contributed by atoms with E-state index in [1.54, 1.807) is 14.2 Å². The van der Waals surface area contributed by atoms with Crippen LogP contribution < -0.4 is 15.2 Å². The molecule has 0 amide bonds. The predicted molar refractivity (Wildman–Crippen MR) is 86.0 cm³/mol. The maximum absolute atomic E-state index is 6.54. The second-order valence-corrected chi connectivity index (χ2v) is 5.64. The topological polar surface area (TPSA) is 44.5 Å². The Morgan fingerprint density at radius 1 is 1.00 bits per heavy atom. The fourth-order valence-corrected chi connectivity index (χ4v) is 2.51. The first kappa shape index (κ1) is 15.4. The van der Waals surface area contributed by atoms with E-state index in [-0.39, 0.29) is 0 Å². The molecule has 0 heterocycles. The van der Waals surface area contributed by atoms with E-state index in [4.69, 9.17) is 15.2 Å². The summed E-state index contributed by atoms with van der Waals surface area (Å²) in [6.07, 6.45) is 0.712. The monoisotopic (exact) mass is 285 g/mol. The molecule has 0 radical (unpaired) electrons. The molecule has 21 heavy (non-hydrogen) atoms. The minimum atomic E-state index is -0.465. The highest BCUT2D eigenvalue weighted by atomic mass is 16.5. The highest BCUT2D eigenvalue weighted by molar-refractivity contribution is 5.40. The number of ether oxygens (including phenoxy) is 2. The van der Waals surface area contributed by atoms with Gasteiger partial charge >= 0.3 is 0 Å². The molecule has 2 rings (SSSR count). The summed E-state index contributed by atoms with van der Waals surface area (Å²) in [6.45, 7) is 4.11. The third kappa shape index (κ3) is 3.56. The molecule has 112 valence electrons. The van der Waals surface area contributed by atoms with Crippen molar-refractivity contribution in [3.05, 3.63) is 59.2 Å². The van der Waals surface area contributed by atoms with Gasteiger partial charge in [0.25, 0.3) is 0 Å². The summed E-state index contributed by atoms with van der Waals surface area (Å²) in [6, 6.07) is 14.1. The summed E-state index contributed by atoms with van der Waals surface area (Å²) >= 11 is 0. The predicted octanol–water partition coefficient (Wildman–Crippen LogP) is 3.43. The molecule has 3 nitrogen and oxygen atoms in total. The molecule has 1 unspecified atom stereocenters. The van der Waals surface area contributed by atoms with E-state index in [1.807, 2.05) is 43.3 Å². The zero-order chi connectivity index (χ0) is 15.5. The minimum absolute atomic E-state index is 0.465. The quantitative estimate of drug-likeness (QED) is 0.915. The van der Waals surface area contributed by atoms with Gasteiger partial charge in [-0.15, -0.1) is 0 Å². The SMILES string of the molecule is COc1ccc(C(C)(N)Cc2cc(C)ccc2OC)cc1. The van der Waals surface area contributed by atoms with Crippen LogP contribution in [0.1, 0.15) is 23.6 Å². The van der Waals surface area contributed by atoms with Crippen LogP contribution in [0.15, 0.2) is 42.5 Å². The summed E-state index contributed by atoms with van der Waals surface area (Å²) < 4.78 is 10.6. The number of hydrogen-bond donors (Lipinski definition) is 1. The van der Waals surface area contributed by atoms with Crippen molar-refractivity contribution in [1.82, 2.24) is 0 Å². The van der Waals surface area contributed by atoms with Crippen LogP contribution in [0, 0.1) is 6.92 Å². The van der Waals surface area contributed by atoms with Crippen LogP contribution in [0.25, 0.3) is 0 Å². The molecular formula is C18H23NO2. The minimum Gasteiger partial charge on any atom is -0.497 e. The molecule has 0 spiro atoms. The molecule has 1 atom stereocenters. The van der Waals surface area contributed by atoms with Gasteiger partial charge in [0.2, 0.25) is 0 Å². The second kappa shape index (κ2) is 6.19. The number of aryl methyl sites for hydroxylation is 1. The van der Waals surface area contributed by atoms with Gasteiger partial charge in [-0.2, -0.15) is 0 Å². The first-order chi connectivity index (χ1) is 9.96. The normalized spacial score (nSPS) is 13.6. The van der Waals surface area contributed by atoms with Crippen molar-refractivity contribution in [2.24, 2.45) is 5.73 Å². The largest absolute Gasteiger partial charge is 0.497 e. The van der Waals surface area contributed by atoms with Gasteiger partial charge in [0, 0.05) is 5.54 Å². The lowest BCUT2D eigenvalue weighted by Gasteiger charge is -2.26. The van der Waals surface area contributed by atoms with Crippen LogP contribution in [0.3, 0.4) is 0 Å². The Balaban J connectivity index is 2.29. The van der Waals surface area contributed by atoms with Gasteiger partial charge < -0.3 is 15.2 Å². The van der Waals surface area contributed by atoms with Crippen LogP contribution in [-0.4, -0.2) is 14.2 Å². The van der Waals surface area contributed by atoms with Gasteiger partial charge in [-0.25, -0.2) is 0 Å². The Kier molecular flexibility index (Phi) is 4.53. The van der Waals surface area contributed by atoms with E-state index >= 15 is 0 Å². The summed E-state index contributed by atoms with van der Waals surface area (Å²) in [7, 11) is 3.35. The zero-order valence-corrected chi connectivity index (χ0v) is 13.1. The molecule has 0 aliphatic rings. The van der Waals surface area contributed by atoms with E-state index in [2.05, 4.69) is 13.0 Å². The van der Waals surface area contributed by atoms with E-state index in [1.165, 1.54) is 5.56 Å². The maximum atomic E-state index is 6.54. The van der Waals surface area contributed by atoms with Gasteiger partial charge in [-0.1, -0.05) is 29.8 Å². The molecular weight excluding hydrogens is 262 g/mol. The summed E-state index contributed by atoms with van der Waals surface area (Å²) in [4.78, 5) is 0. The molecule has 3 heteroatoms. The average Bonchev–Trinajstić information content (AvgIpc) is 2.47. The van der Waals surface area contributed by atoms with Crippen molar-refractivity contribution in [2.75, 3.05) is 14.2 Å². The van der Waals surface area contributed by atoms with Crippen LogP contribution >= 0.6 is 0 Å². The van der Waals surface area contributed by atoms with Gasteiger partial charge in [-0.3, -0.25) is 0 Å². The fraction of sp³-hybridized carbons (Fsp3) is 0.333. The lowest BCUT2D eigenvalue weighted by atomic mass is 9.86. The number of nitrogens with two attached hydrogens (primary N) is 1. The van der Waals surface area contributed by atoms with Gasteiger partial charge in [-0.05, 0) is 49.6 Å². The molecule has 0 saturated heterocycles. The Hall–Kier alpha value is -2.00. The summed E-state index contributed by atoms with van der Waals surface area (Å²) in [5, 5.41) is 0. The Morgan fingerprint density at radius 2 is 1.67 bits per heavy atom. The van der Waals surface area contributed by atoms with E-state index < -0.39 is 5.54 Å². The number of methoxy groups -OCH3 is 2. The third-order valence-corrected chi connectivity index (χ3v) is 3.74. The second-order valence-electron chi connectivity index (χ2n) is 5.64. The lowest BCUT2D eigenvalue weighted by Crippen LogP contribution is -2.35. The molecule has 0 bridgehead atoms. The molecule has 0 aliphatic carbocycles. The first-order valence-corrected chi connectivity index (χ1v) is 7.03. The smallest absolute Gasteiger partial charge is 0.122 e. The molecule has 2 aromatic rings. The molecule has 2 N–H and O–H groups in total. The number of rotatable bonds is 5. The van der Waals surface area contributed by atoms with Crippen molar-refractivity contribution in [2.45, 2.75) is 25.8 Å². The van der Waals surface area contributed by atoms with Crippen LogP contribution in [0.5, 0.6) is 11.5 Å². The van der Waals surface area contributed by atoms with Crippen LogP contribution in [0.2, 0.25) is 0 Å². The van der Waals surface area contributed by atoms with Crippen LogP contribution in [-0.2, 0) is 12.0 Å². The number of hydrogen-bond acceptors (Lipinski definition) is 3. The van der Waals surface area contributed by atoms with E-state index in [0.29, 0.717) is 6.42 Å². The fourth-order valence-electron chi connectivity index (χ4n) is 2.51. The Labute approximate surface area is 126 Å². The van der Waals surface area contributed by atoms with E-state index in [9.17, 15) is 0 Å². The number of benzene rings is 2. The van der Waals surface area contributed by atoms with Crippen molar-refractivity contribution in [1.29, 1.82) is 0 Å². The van der Waals surface area contributed by atoms with Crippen molar-refractivity contribution in [3.8, 4) is 11.5 Å². The standard InChI is InChI=1S/C18H23NO2/c1-13-5-10-17(21-4)14(11-13)12-18(2,19)15-6-8-16(20-3)9-7-15/h5-11H,12,19H2,1-4H3. The highest BCUT2D eigenvalue weighted by Crippen LogP contribution is 2.29. The van der Waals surface area contributed by atoms with Gasteiger partial charge in [0.15, 0.2) is 0 Å². The third-order valence-electron chi connectivity index (χ3n) is 3.74. The van der Waals surface area contributed by atoms with Crippen molar-refractivity contribution >= 4 is 0 Å². The van der Waals surface area contributed by atoms with E-state index in [0.717, 1.165) is 22.6 Å². The Bertz CT molecular complexity index is 603.